The smallest absolute Gasteiger partial charge is 0.267 e. The summed E-state index contributed by atoms with van der Waals surface area (Å²) in [5.74, 6) is -0.825. The molecule has 7 nitrogen and oxygen atoms in total. The lowest BCUT2D eigenvalue weighted by Gasteiger charge is -2.45. The first-order chi connectivity index (χ1) is 17.3. The molecule has 2 aromatic rings. The molecule has 36 heavy (non-hydrogen) atoms. The van der Waals surface area contributed by atoms with Crippen LogP contribution >= 0.6 is 0 Å². The highest BCUT2D eigenvalue weighted by molar-refractivity contribution is 7.89. The van der Waals surface area contributed by atoms with Crippen LogP contribution in [0, 0.1) is 11.7 Å². The molecule has 1 aliphatic heterocycles. The molecule has 0 bridgehead atoms. The van der Waals surface area contributed by atoms with E-state index >= 15 is 0 Å². The van der Waals surface area contributed by atoms with Gasteiger partial charge in [0.2, 0.25) is 10.0 Å². The van der Waals surface area contributed by atoms with Gasteiger partial charge in [-0.15, -0.1) is 0 Å². The largest absolute Gasteiger partial charge is 0.493 e. The van der Waals surface area contributed by atoms with Crippen molar-refractivity contribution in [2.75, 3.05) is 26.0 Å². The second kappa shape index (κ2) is 10.1. The summed E-state index contributed by atoms with van der Waals surface area (Å²) in [5, 5.41) is 0. The van der Waals surface area contributed by atoms with Gasteiger partial charge in [0.1, 0.15) is 11.6 Å². The van der Waals surface area contributed by atoms with Crippen molar-refractivity contribution in [3.05, 3.63) is 83.0 Å². The number of nitrogens with one attached hydrogen (secondary N) is 1. The van der Waals surface area contributed by atoms with Crippen LogP contribution in [0.5, 0.6) is 5.75 Å². The highest BCUT2D eigenvalue weighted by Crippen LogP contribution is 2.45. The zero-order chi connectivity index (χ0) is 25.3. The number of nitrogens with zero attached hydrogens (tertiary/aromatic N) is 2. The van der Waals surface area contributed by atoms with Gasteiger partial charge in [0.05, 0.1) is 24.5 Å². The van der Waals surface area contributed by atoms with Crippen LogP contribution in [0.15, 0.2) is 60.5 Å². The lowest BCUT2D eigenvalue weighted by molar-refractivity contribution is 0.0371. The standard InChI is InChI=1S/C27H30FN3O4S/c1-36(33,34)30-27(32)23-13-22(19-7-8-19)25(14-24(23)28)35-17-18-15-31(16-18)26(20-5-3-2-4-6-20)21-9-11-29-12-10-21/h3,5-6,9-14,18-19,26H,2,4,7-8,15-17H2,1H3,(H,30,32)/t26-/m0/s1. The van der Waals surface area contributed by atoms with Gasteiger partial charge >= 0.3 is 0 Å². The molecule has 5 rings (SSSR count). The van der Waals surface area contributed by atoms with Gasteiger partial charge in [-0.3, -0.25) is 14.7 Å². The van der Waals surface area contributed by atoms with Crippen molar-refractivity contribution >= 4 is 15.9 Å². The maximum Gasteiger partial charge on any atom is 0.267 e. The summed E-state index contributed by atoms with van der Waals surface area (Å²) in [7, 11) is -3.79. The average Bonchev–Trinajstić information content (AvgIpc) is 3.66. The Labute approximate surface area is 211 Å². The Balaban J connectivity index is 1.26. The van der Waals surface area contributed by atoms with Gasteiger partial charge in [-0.1, -0.05) is 18.2 Å². The van der Waals surface area contributed by atoms with E-state index in [1.807, 2.05) is 17.1 Å². The van der Waals surface area contributed by atoms with E-state index in [1.54, 1.807) is 0 Å². The third kappa shape index (κ3) is 5.68. The number of allylic oxidation sites excluding steroid dienone is 2. The maximum atomic E-state index is 14.8. The molecule has 1 saturated heterocycles. The van der Waals surface area contributed by atoms with Gasteiger partial charge in [0.25, 0.3) is 5.91 Å². The minimum atomic E-state index is -3.79. The first kappa shape index (κ1) is 24.6. The summed E-state index contributed by atoms with van der Waals surface area (Å²) in [4.78, 5) is 18.9. The molecule has 9 heteroatoms. The van der Waals surface area contributed by atoms with Crippen LogP contribution in [0.25, 0.3) is 0 Å². The summed E-state index contributed by atoms with van der Waals surface area (Å²) in [6, 6.07) is 6.96. The number of rotatable bonds is 9. The van der Waals surface area contributed by atoms with Crippen molar-refractivity contribution in [3.8, 4) is 5.75 Å². The number of hydrogen-bond donors (Lipinski definition) is 1. The molecule has 0 unspecified atom stereocenters. The molecule has 1 N–H and O–H groups in total. The van der Waals surface area contributed by atoms with Crippen LogP contribution in [0.1, 0.15) is 59.1 Å². The Morgan fingerprint density at radius 1 is 1.22 bits per heavy atom. The fourth-order valence-electron chi connectivity index (χ4n) is 4.94. The van der Waals surface area contributed by atoms with Crippen molar-refractivity contribution in [1.29, 1.82) is 0 Å². The number of halogens is 1. The van der Waals surface area contributed by atoms with Crippen LogP contribution in [-0.4, -0.2) is 50.2 Å². The first-order valence-electron chi connectivity index (χ1n) is 12.3. The number of benzene rings is 1. The molecule has 2 fully saturated rings. The zero-order valence-electron chi connectivity index (χ0n) is 20.2. The number of pyridine rings is 1. The van der Waals surface area contributed by atoms with Crippen molar-refractivity contribution in [2.24, 2.45) is 5.92 Å². The number of ether oxygens (including phenoxy) is 1. The van der Waals surface area contributed by atoms with E-state index in [9.17, 15) is 17.6 Å². The Kier molecular flexibility index (Phi) is 6.94. The van der Waals surface area contributed by atoms with Crippen LogP contribution < -0.4 is 9.46 Å². The van der Waals surface area contributed by atoms with E-state index in [2.05, 4.69) is 40.2 Å². The SMILES string of the molecule is CS(=O)(=O)NC(=O)c1cc(C2CC2)c(OCC2CN([C@@H](C3=CCCC=C3)c3ccncc3)C2)cc1F. The summed E-state index contributed by atoms with van der Waals surface area (Å²) in [6.45, 7) is 2.16. The number of sulfonamides is 1. The number of aromatic nitrogens is 1. The van der Waals surface area contributed by atoms with E-state index < -0.39 is 21.7 Å². The fourth-order valence-corrected chi connectivity index (χ4v) is 5.38. The summed E-state index contributed by atoms with van der Waals surface area (Å²) in [5.41, 5.74) is 2.99. The maximum absolute atomic E-state index is 14.8. The molecule has 1 aromatic carbocycles. The lowest BCUT2D eigenvalue weighted by Crippen LogP contribution is -2.51. The Morgan fingerprint density at radius 3 is 2.61 bits per heavy atom. The minimum absolute atomic E-state index is 0.174. The average molecular weight is 512 g/mol. The second-order valence-corrected chi connectivity index (χ2v) is 11.6. The van der Waals surface area contributed by atoms with Crippen LogP contribution in [0.3, 0.4) is 0 Å². The van der Waals surface area contributed by atoms with Crippen LogP contribution in [0.2, 0.25) is 0 Å². The predicted molar refractivity (Wildman–Crippen MR) is 135 cm³/mol. The molecule has 1 atom stereocenters. The highest BCUT2D eigenvalue weighted by Gasteiger charge is 2.36. The molecule has 2 aliphatic carbocycles. The van der Waals surface area contributed by atoms with E-state index in [1.165, 1.54) is 23.3 Å². The number of likely N-dealkylation sites (tertiary alicyclic amines) is 1. The Hall–Kier alpha value is -3.04. The van der Waals surface area contributed by atoms with Crippen LogP contribution in [0.4, 0.5) is 4.39 Å². The van der Waals surface area contributed by atoms with E-state index in [4.69, 9.17) is 4.74 Å². The lowest BCUT2D eigenvalue weighted by atomic mass is 9.88. The van der Waals surface area contributed by atoms with E-state index in [0.717, 1.165) is 50.6 Å². The van der Waals surface area contributed by atoms with Gasteiger partial charge < -0.3 is 4.74 Å². The van der Waals surface area contributed by atoms with E-state index in [-0.39, 0.29) is 17.5 Å². The molecule has 0 radical (unpaired) electrons. The van der Waals surface area contributed by atoms with Gasteiger partial charge in [-0.05, 0) is 66.5 Å². The zero-order valence-corrected chi connectivity index (χ0v) is 21.0. The normalized spacial score (nSPS) is 19.3. The molecule has 1 amide bonds. The molecule has 190 valence electrons. The molecule has 1 saturated carbocycles. The topological polar surface area (TPSA) is 88.6 Å². The van der Waals surface area contributed by atoms with Crippen LogP contribution in [-0.2, 0) is 10.0 Å². The first-order valence-corrected chi connectivity index (χ1v) is 14.2. The Bertz CT molecular complexity index is 1300. The van der Waals surface area contributed by atoms with Gasteiger partial charge in [-0.2, -0.15) is 0 Å². The predicted octanol–water partition coefficient (Wildman–Crippen LogP) is 4.12. The number of carbonyl (C=O) groups excluding carboxylic acids is 1. The quantitative estimate of drug-likeness (QED) is 0.545. The molecule has 1 aromatic heterocycles. The van der Waals surface area contributed by atoms with Gasteiger partial charge in [0, 0.05) is 37.5 Å². The number of carbonyl (C=O) groups is 1. The molecular weight excluding hydrogens is 481 g/mol. The number of hydrogen-bond acceptors (Lipinski definition) is 6. The Morgan fingerprint density at radius 2 is 1.97 bits per heavy atom. The van der Waals surface area contributed by atoms with Crippen molar-refractivity contribution < 1.29 is 22.3 Å². The van der Waals surface area contributed by atoms with Crippen molar-refractivity contribution in [1.82, 2.24) is 14.6 Å². The summed E-state index contributed by atoms with van der Waals surface area (Å²) < 4.78 is 45.5. The third-order valence-electron chi connectivity index (χ3n) is 6.83. The summed E-state index contributed by atoms with van der Waals surface area (Å²) >= 11 is 0. The second-order valence-electron chi connectivity index (χ2n) is 9.85. The van der Waals surface area contributed by atoms with Crippen molar-refractivity contribution in [3.63, 3.8) is 0 Å². The van der Waals surface area contributed by atoms with Gasteiger partial charge in [-0.25, -0.2) is 17.5 Å². The summed E-state index contributed by atoms with van der Waals surface area (Å²) in [6.07, 6.45) is 15.2. The molecule has 3 aliphatic rings. The molecule has 2 heterocycles. The molecule has 0 spiro atoms. The minimum Gasteiger partial charge on any atom is -0.493 e. The van der Waals surface area contributed by atoms with E-state index in [0.29, 0.717) is 18.3 Å². The van der Waals surface area contributed by atoms with Gasteiger partial charge in [0.15, 0.2) is 0 Å². The highest BCUT2D eigenvalue weighted by atomic mass is 32.2. The van der Waals surface area contributed by atoms with Crippen molar-refractivity contribution in [2.45, 2.75) is 37.6 Å². The molecular formula is C27H30FN3O4S. The number of amides is 1. The third-order valence-corrected chi connectivity index (χ3v) is 7.38. The fraction of sp³-hybridized carbons (Fsp3) is 0.407. The monoisotopic (exact) mass is 511 g/mol.